The van der Waals surface area contributed by atoms with Crippen molar-refractivity contribution in [2.24, 2.45) is 11.8 Å². The first-order valence-electron chi connectivity index (χ1n) is 12.5. The maximum absolute atomic E-state index is 12.8. The normalized spacial score (nSPS) is 24.7. The molecule has 9 nitrogen and oxygen atoms in total. The van der Waals surface area contributed by atoms with Crippen molar-refractivity contribution in [3.8, 4) is 6.07 Å². The standard InChI is InChI=1S/C27H26ClN7O2/c1-14-5-21(34-12-18-8-23(18)27(34)37)11-30-25(14)15(2)35-13-24(32-33-35)26(36)31-20-6-17(7-20)22-9-19(28)4-3-16(22)10-29/h3-5,9,11,13,15,17-18,20,23H,6-8,12H2,1-2H3,(H,31,36)/t15?,17?,18-,20?,23-/m1/s1. The molecule has 3 heterocycles. The summed E-state index contributed by atoms with van der Waals surface area (Å²) in [4.78, 5) is 31.7. The highest BCUT2D eigenvalue weighted by Gasteiger charge is 2.52. The summed E-state index contributed by atoms with van der Waals surface area (Å²) < 4.78 is 1.63. The lowest BCUT2D eigenvalue weighted by molar-refractivity contribution is -0.118. The molecule has 188 valence electrons. The second-order valence-corrected chi connectivity index (χ2v) is 10.8. The molecule has 3 atom stereocenters. The van der Waals surface area contributed by atoms with Gasteiger partial charge in [0.15, 0.2) is 5.69 Å². The fourth-order valence-corrected chi connectivity index (χ4v) is 5.76. The van der Waals surface area contributed by atoms with Gasteiger partial charge in [0.2, 0.25) is 5.91 Å². The SMILES string of the molecule is Cc1cc(N2C[C@H]3C[C@H]3C2=O)cnc1C(C)n1cc(C(=O)NC2CC(c3cc(Cl)ccc3C#N)C2)nn1. The molecule has 3 aromatic rings. The van der Waals surface area contributed by atoms with E-state index in [1.807, 2.05) is 30.9 Å². The largest absolute Gasteiger partial charge is 0.348 e. The number of nitriles is 1. The molecule has 3 fully saturated rings. The van der Waals surface area contributed by atoms with Gasteiger partial charge in [-0.3, -0.25) is 14.6 Å². The number of halogens is 1. The fourth-order valence-electron chi connectivity index (χ4n) is 5.58. The molecule has 3 aliphatic rings. The number of nitrogens with zero attached hydrogens (tertiary/aromatic N) is 6. The summed E-state index contributed by atoms with van der Waals surface area (Å²) in [5.41, 5.74) is 4.40. The predicted octanol–water partition coefficient (Wildman–Crippen LogP) is 3.77. The number of hydrogen-bond acceptors (Lipinski definition) is 6. The van der Waals surface area contributed by atoms with Gasteiger partial charge in [-0.25, -0.2) is 4.68 Å². The summed E-state index contributed by atoms with van der Waals surface area (Å²) in [7, 11) is 0. The van der Waals surface area contributed by atoms with Gasteiger partial charge in [-0.2, -0.15) is 5.26 Å². The van der Waals surface area contributed by atoms with E-state index in [-0.39, 0.29) is 41.4 Å². The zero-order chi connectivity index (χ0) is 25.8. The highest BCUT2D eigenvalue weighted by atomic mass is 35.5. The van der Waals surface area contributed by atoms with Crippen LogP contribution in [0, 0.1) is 30.1 Å². The van der Waals surface area contributed by atoms with Gasteiger partial charge in [-0.1, -0.05) is 16.8 Å². The van der Waals surface area contributed by atoms with Gasteiger partial charge in [0, 0.05) is 23.5 Å². The average molecular weight is 516 g/mol. The Morgan fingerprint density at radius 1 is 1.27 bits per heavy atom. The van der Waals surface area contributed by atoms with E-state index in [1.165, 1.54) is 0 Å². The summed E-state index contributed by atoms with van der Waals surface area (Å²) in [6.07, 6.45) is 5.87. The molecule has 1 aromatic carbocycles. The first kappa shape index (κ1) is 23.6. The lowest BCUT2D eigenvalue weighted by atomic mass is 9.74. The molecule has 37 heavy (non-hydrogen) atoms. The van der Waals surface area contributed by atoms with Gasteiger partial charge in [0.1, 0.15) is 0 Å². The molecule has 1 aliphatic heterocycles. The van der Waals surface area contributed by atoms with Crippen LogP contribution in [0.25, 0.3) is 0 Å². The molecule has 1 unspecified atom stereocenters. The molecule has 0 bridgehead atoms. The van der Waals surface area contributed by atoms with E-state index in [9.17, 15) is 14.9 Å². The van der Waals surface area contributed by atoms with Crippen LogP contribution in [0.15, 0.2) is 36.7 Å². The molecular formula is C27H26ClN7O2. The summed E-state index contributed by atoms with van der Waals surface area (Å²) in [6, 6.07) is 9.28. The van der Waals surface area contributed by atoms with Crippen molar-refractivity contribution in [3.05, 3.63) is 69.8 Å². The second kappa shape index (κ2) is 8.96. The maximum atomic E-state index is 12.8. The molecule has 2 amide bonds. The molecule has 6 rings (SSSR count). The molecule has 1 saturated heterocycles. The van der Waals surface area contributed by atoms with E-state index in [1.54, 1.807) is 29.2 Å². The number of carbonyl (C=O) groups excluding carboxylic acids is 2. The van der Waals surface area contributed by atoms with E-state index in [2.05, 4.69) is 26.7 Å². The highest BCUT2D eigenvalue weighted by molar-refractivity contribution is 6.30. The van der Waals surface area contributed by atoms with Crippen molar-refractivity contribution < 1.29 is 9.59 Å². The van der Waals surface area contributed by atoms with E-state index in [0.29, 0.717) is 16.5 Å². The third-order valence-corrected chi connectivity index (χ3v) is 8.16. The molecule has 1 N–H and O–H groups in total. The van der Waals surface area contributed by atoms with Crippen LogP contribution in [0.3, 0.4) is 0 Å². The number of nitrogens with one attached hydrogen (secondary N) is 1. The molecule has 0 radical (unpaired) electrons. The van der Waals surface area contributed by atoms with Gasteiger partial charge in [0.05, 0.1) is 41.4 Å². The van der Waals surface area contributed by atoms with Crippen LogP contribution >= 0.6 is 11.6 Å². The van der Waals surface area contributed by atoms with Crippen molar-refractivity contribution in [1.82, 2.24) is 25.3 Å². The number of piperidine rings is 1. The minimum atomic E-state index is -0.278. The Balaban J connectivity index is 1.08. The number of fused-ring (bicyclic) bond motifs is 1. The Bertz CT molecular complexity index is 1460. The molecule has 2 aliphatic carbocycles. The zero-order valence-electron chi connectivity index (χ0n) is 20.6. The number of pyridine rings is 1. The fraction of sp³-hybridized carbons (Fsp3) is 0.407. The number of benzene rings is 1. The van der Waals surface area contributed by atoms with Crippen LogP contribution in [0.4, 0.5) is 5.69 Å². The number of rotatable bonds is 6. The Kier molecular flexibility index (Phi) is 5.72. The van der Waals surface area contributed by atoms with Crippen molar-refractivity contribution in [2.75, 3.05) is 11.4 Å². The van der Waals surface area contributed by atoms with Crippen molar-refractivity contribution in [2.45, 2.75) is 51.1 Å². The van der Waals surface area contributed by atoms with Gasteiger partial charge < -0.3 is 10.2 Å². The van der Waals surface area contributed by atoms with Crippen LogP contribution in [0.2, 0.25) is 5.02 Å². The Hall–Kier alpha value is -3.77. The van der Waals surface area contributed by atoms with Crippen LogP contribution < -0.4 is 10.2 Å². The van der Waals surface area contributed by atoms with Gasteiger partial charge in [0.25, 0.3) is 5.91 Å². The number of amides is 2. The van der Waals surface area contributed by atoms with E-state index in [0.717, 1.165) is 48.3 Å². The number of aryl methyl sites for hydroxylation is 1. The summed E-state index contributed by atoms with van der Waals surface area (Å²) in [5.74, 6) is 0.822. The van der Waals surface area contributed by atoms with Gasteiger partial charge in [-0.05, 0) is 80.3 Å². The molecule has 0 spiro atoms. The van der Waals surface area contributed by atoms with Crippen LogP contribution in [0.5, 0.6) is 0 Å². The lowest BCUT2D eigenvalue weighted by Gasteiger charge is -2.36. The third-order valence-electron chi connectivity index (χ3n) is 7.92. The van der Waals surface area contributed by atoms with E-state index < -0.39 is 0 Å². The number of carbonyl (C=O) groups is 2. The topological polar surface area (TPSA) is 117 Å². The Labute approximate surface area is 219 Å². The predicted molar refractivity (Wildman–Crippen MR) is 136 cm³/mol. The Morgan fingerprint density at radius 3 is 2.78 bits per heavy atom. The van der Waals surface area contributed by atoms with E-state index >= 15 is 0 Å². The van der Waals surface area contributed by atoms with Crippen LogP contribution in [-0.2, 0) is 4.79 Å². The summed E-state index contributed by atoms with van der Waals surface area (Å²) >= 11 is 6.11. The van der Waals surface area contributed by atoms with Crippen LogP contribution in [0.1, 0.15) is 71.0 Å². The summed E-state index contributed by atoms with van der Waals surface area (Å²) in [5, 5.41) is 21.2. The summed E-state index contributed by atoms with van der Waals surface area (Å²) in [6.45, 7) is 4.70. The maximum Gasteiger partial charge on any atom is 0.273 e. The minimum Gasteiger partial charge on any atom is -0.348 e. The Morgan fingerprint density at radius 2 is 2.08 bits per heavy atom. The molecule has 2 aromatic heterocycles. The number of anilines is 1. The lowest BCUT2D eigenvalue weighted by Crippen LogP contribution is -2.43. The third kappa shape index (κ3) is 4.25. The average Bonchev–Trinajstić information content (AvgIpc) is 3.31. The number of aromatic nitrogens is 4. The monoisotopic (exact) mass is 515 g/mol. The molecule has 10 heteroatoms. The van der Waals surface area contributed by atoms with Crippen molar-refractivity contribution >= 4 is 29.1 Å². The van der Waals surface area contributed by atoms with Crippen molar-refractivity contribution in [3.63, 3.8) is 0 Å². The van der Waals surface area contributed by atoms with E-state index in [4.69, 9.17) is 11.6 Å². The first-order chi connectivity index (χ1) is 17.8. The molecular weight excluding hydrogens is 490 g/mol. The first-order valence-corrected chi connectivity index (χ1v) is 12.9. The smallest absolute Gasteiger partial charge is 0.273 e. The van der Waals surface area contributed by atoms with Gasteiger partial charge >= 0.3 is 0 Å². The zero-order valence-corrected chi connectivity index (χ0v) is 21.3. The second-order valence-electron chi connectivity index (χ2n) is 10.4. The highest BCUT2D eigenvalue weighted by Crippen LogP contribution is 2.47. The minimum absolute atomic E-state index is 0.00129. The number of hydrogen-bond donors (Lipinski definition) is 1. The van der Waals surface area contributed by atoms with Gasteiger partial charge in [-0.15, -0.1) is 5.10 Å². The van der Waals surface area contributed by atoms with Crippen molar-refractivity contribution in [1.29, 1.82) is 5.26 Å². The quantitative estimate of drug-likeness (QED) is 0.534. The van der Waals surface area contributed by atoms with Crippen LogP contribution in [-0.4, -0.2) is 44.4 Å². The molecule has 2 saturated carbocycles.